The summed E-state index contributed by atoms with van der Waals surface area (Å²) in [6, 6.07) is 6.00. The van der Waals surface area contributed by atoms with Gasteiger partial charge in [-0.05, 0) is 18.1 Å². The monoisotopic (exact) mass is 447 g/mol. The zero-order valence-corrected chi connectivity index (χ0v) is 17.0. The van der Waals surface area contributed by atoms with Crippen molar-refractivity contribution in [3.8, 4) is 0 Å². The predicted molar refractivity (Wildman–Crippen MR) is 109 cm³/mol. The molecule has 136 valence electrons. The van der Waals surface area contributed by atoms with Gasteiger partial charge in [0.05, 0.1) is 13.2 Å². The fourth-order valence-electron chi connectivity index (χ4n) is 2.64. The molecule has 0 saturated carbocycles. The number of nitrogens with one attached hydrogen (secondary N) is 2. The first-order valence-corrected chi connectivity index (χ1v) is 8.42. The molecule has 1 aromatic heterocycles. The number of guanidine groups is 1. The fourth-order valence-corrected chi connectivity index (χ4v) is 2.64. The number of morpholine rings is 1. The van der Waals surface area contributed by atoms with E-state index >= 15 is 0 Å². The van der Waals surface area contributed by atoms with E-state index in [2.05, 4.69) is 32.4 Å². The number of aromatic nitrogens is 1. The lowest BCUT2D eigenvalue weighted by Crippen LogP contribution is -2.44. The summed E-state index contributed by atoms with van der Waals surface area (Å²) in [6.45, 7) is 8.91. The molecule has 0 spiro atoms. The number of pyridine rings is 1. The van der Waals surface area contributed by atoms with Crippen LogP contribution in [-0.2, 0) is 11.2 Å². The van der Waals surface area contributed by atoms with Crippen molar-refractivity contribution < 1.29 is 4.74 Å². The van der Waals surface area contributed by atoms with Gasteiger partial charge in [-0.2, -0.15) is 0 Å². The third-order valence-electron chi connectivity index (χ3n) is 3.91. The van der Waals surface area contributed by atoms with Gasteiger partial charge in [-0.3, -0.25) is 14.9 Å². The van der Waals surface area contributed by atoms with Gasteiger partial charge in [0.2, 0.25) is 0 Å². The smallest absolute Gasteiger partial charge is 0.190 e. The SMILES string of the molecule is CN=C(NCCc1ccccn1)NCC(C)CN1CCOCC1.I. The molecule has 1 unspecified atom stereocenters. The van der Waals surface area contributed by atoms with Crippen LogP contribution >= 0.6 is 24.0 Å². The number of rotatable bonds is 7. The normalized spacial score (nSPS) is 17.0. The van der Waals surface area contributed by atoms with Gasteiger partial charge in [0, 0.05) is 58.1 Å². The number of halogens is 1. The molecule has 1 atom stereocenters. The largest absolute Gasteiger partial charge is 0.379 e. The van der Waals surface area contributed by atoms with E-state index in [9.17, 15) is 0 Å². The van der Waals surface area contributed by atoms with Gasteiger partial charge in [-0.1, -0.05) is 13.0 Å². The lowest BCUT2D eigenvalue weighted by molar-refractivity contribution is 0.0320. The summed E-state index contributed by atoms with van der Waals surface area (Å²) in [6.07, 6.45) is 2.72. The molecule has 7 heteroatoms. The Morgan fingerprint density at radius 3 is 2.79 bits per heavy atom. The highest BCUT2D eigenvalue weighted by molar-refractivity contribution is 14.0. The highest BCUT2D eigenvalue weighted by Crippen LogP contribution is 2.02. The molecule has 2 N–H and O–H groups in total. The summed E-state index contributed by atoms with van der Waals surface area (Å²) < 4.78 is 5.39. The van der Waals surface area contributed by atoms with Crippen molar-refractivity contribution in [2.45, 2.75) is 13.3 Å². The van der Waals surface area contributed by atoms with E-state index in [1.54, 1.807) is 0 Å². The second kappa shape index (κ2) is 12.4. The van der Waals surface area contributed by atoms with Crippen LogP contribution < -0.4 is 10.6 Å². The fraction of sp³-hybridized carbons (Fsp3) is 0.647. The lowest BCUT2D eigenvalue weighted by Gasteiger charge is -2.29. The van der Waals surface area contributed by atoms with Crippen LogP contribution in [0, 0.1) is 5.92 Å². The molecule has 1 saturated heterocycles. The van der Waals surface area contributed by atoms with Gasteiger partial charge in [0.1, 0.15) is 0 Å². The minimum absolute atomic E-state index is 0. The number of aliphatic imine (C=N–C) groups is 1. The maximum atomic E-state index is 5.39. The van der Waals surface area contributed by atoms with Crippen LogP contribution in [0.4, 0.5) is 0 Å². The van der Waals surface area contributed by atoms with Crippen LogP contribution in [-0.4, -0.2) is 68.8 Å². The molecule has 2 rings (SSSR count). The van der Waals surface area contributed by atoms with E-state index in [0.29, 0.717) is 5.92 Å². The molecular weight excluding hydrogens is 417 g/mol. The Labute approximate surface area is 162 Å². The Bertz CT molecular complexity index is 465. The number of nitrogens with zero attached hydrogens (tertiary/aromatic N) is 3. The molecule has 0 bridgehead atoms. The molecule has 2 heterocycles. The summed E-state index contributed by atoms with van der Waals surface area (Å²) in [5.41, 5.74) is 1.09. The Morgan fingerprint density at radius 1 is 1.33 bits per heavy atom. The van der Waals surface area contributed by atoms with Crippen LogP contribution in [0.1, 0.15) is 12.6 Å². The van der Waals surface area contributed by atoms with Gasteiger partial charge in [-0.25, -0.2) is 0 Å². The van der Waals surface area contributed by atoms with E-state index in [4.69, 9.17) is 4.74 Å². The molecule has 1 aliphatic rings. The van der Waals surface area contributed by atoms with Crippen molar-refractivity contribution >= 4 is 29.9 Å². The van der Waals surface area contributed by atoms with Gasteiger partial charge in [0.15, 0.2) is 5.96 Å². The summed E-state index contributed by atoms with van der Waals surface area (Å²) >= 11 is 0. The second-order valence-electron chi connectivity index (χ2n) is 5.97. The number of ether oxygens (including phenoxy) is 1. The summed E-state index contributed by atoms with van der Waals surface area (Å²) in [7, 11) is 1.81. The average Bonchev–Trinajstić information content (AvgIpc) is 2.59. The van der Waals surface area contributed by atoms with E-state index < -0.39 is 0 Å². The third-order valence-corrected chi connectivity index (χ3v) is 3.91. The van der Waals surface area contributed by atoms with Gasteiger partial charge in [-0.15, -0.1) is 24.0 Å². The summed E-state index contributed by atoms with van der Waals surface area (Å²) in [4.78, 5) is 11.1. The quantitative estimate of drug-likeness (QED) is 0.376. The first-order valence-electron chi connectivity index (χ1n) is 8.42. The highest BCUT2D eigenvalue weighted by atomic mass is 127. The van der Waals surface area contributed by atoms with Crippen LogP contribution in [0.25, 0.3) is 0 Å². The zero-order chi connectivity index (χ0) is 16.3. The molecular formula is C17H30IN5O. The lowest BCUT2D eigenvalue weighted by atomic mass is 10.1. The molecule has 6 nitrogen and oxygen atoms in total. The van der Waals surface area contributed by atoms with E-state index in [-0.39, 0.29) is 24.0 Å². The van der Waals surface area contributed by atoms with Crippen LogP contribution in [0.2, 0.25) is 0 Å². The molecule has 0 radical (unpaired) electrons. The Morgan fingerprint density at radius 2 is 2.12 bits per heavy atom. The van der Waals surface area contributed by atoms with Gasteiger partial charge < -0.3 is 15.4 Å². The third kappa shape index (κ3) is 8.25. The Hall–Kier alpha value is -0.930. The molecule has 0 aliphatic carbocycles. The van der Waals surface area contributed by atoms with Crippen molar-refractivity contribution in [3.63, 3.8) is 0 Å². The van der Waals surface area contributed by atoms with E-state index in [0.717, 1.165) is 64.0 Å². The minimum atomic E-state index is 0. The summed E-state index contributed by atoms with van der Waals surface area (Å²) in [5, 5.41) is 6.75. The average molecular weight is 447 g/mol. The Balaban J connectivity index is 0.00000288. The van der Waals surface area contributed by atoms with Crippen LogP contribution in [0.5, 0.6) is 0 Å². The van der Waals surface area contributed by atoms with Crippen molar-refractivity contribution in [2.75, 3.05) is 53.0 Å². The first kappa shape index (κ1) is 21.1. The molecule has 1 fully saturated rings. The molecule has 0 amide bonds. The van der Waals surface area contributed by atoms with Crippen LogP contribution in [0.3, 0.4) is 0 Å². The van der Waals surface area contributed by atoms with Crippen LogP contribution in [0.15, 0.2) is 29.4 Å². The predicted octanol–water partition coefficient (Wildman–Crippen LogP) is 1.38. The molecule has 1 aliphatic heterocycles. The maximum Gasteiger partial charge on any atom is 0.190 e. The van der Waals surface area contributed by atoms with Gasteiger partial charge in [0.25, 0.3) is 0 Å². The first-order chi connectivity index (χ1) is 11.3. The number of hydrogen-bond acceptors (Lipinski definition) is 4. The molecule has 24 heavy (non-hydrogen) atoms. The van der Waals surface area contributed by atoms with Crippen molar-refractivity contribution in [3.05, 3.63) is 30.1 Å². The highest BCUT2D eigenvalue weighted by Gasteiger charge is 2.13. The van der Waals surface area contributed by atoms with Gasteiger partial charge >= 0.3 is 0 Å². The topological polar surface area (TPSA) is 61.8 Å². The van der Waals surface area contributed by atoms with E-state index in [1.807, 2.05) is 31.4 Å². The minimum Gasteiger partial charge on any atom is -0.379 e. The number of hydrogen-bond donors (Lipinski definition) is 2. The van der Waals surface area contributed by atoms with Crippen molar-refractivity contribution in [1.82, 2.24) is 20.5 Å². The van der Waals surface area contributed by atoms with E-state index in [1.165, 1.54) is 0 Å². The molecule has 0 aromatic carbocycles. The summed E-state index contributed by atoms with van der Waals surface area (Å²) in [5.74, 6) is 1.43. The maximum absolute atomic E-state index is 5.39. The van der Waals surface area contributed by atoms with Crippen molar-refractivity contribution in [1.29, 1.82) is 0 Å². The zero-order valence-electron chi connectivity index (χ0n) is 14.7. The standard InChI is InChI=1S/C17H29N5O.HI/c1-15(14-22-9-11-23-12-10-22)13-21-17(18-2)20-8-6-16-5-3-4-7-19-16;/h3-5,7,15H,6,8-14H2,1-2H3,(H2,18,20,21);1H. The Kier molecular flexibility index (Phi) is 10.9. The van der Waals surface area contributed by atoms with Crippen molar-refractivity contribution in [2.24, 2.45) is 10.9 Å². The second-order valence-corrected chi connectivity index (χ2v) is 5.97. The molecule has 1 aromatic rings.